The van der Waals surface area contributed by atoms with Gasteiger partial charge in [-0.1, -0.05) is 18.2 Å². The van der Waals surface area contributed by atoms with Crippen molar-refractivity contribution in [2.45, 2.75) is 19.8 Å². The fourth-order valence-electron chi connectivity index (χ4n) is 2.86. The van der Waals surface area contributed by atoms with Gasteiger partial charge in [0.1, 0.15) is 0 Å². The number of aryl methyl sites for hydroxylation is 1. The van der Waals surface area contributed by atoms with E-state index in [2.05, 4.69) is 4.98 Å². The first-order valence-electron chi connectivity index (χ1n) is 6.98. The highest BCUT2D eigenvalue weighted by atomic mass is 16.5. The van der Waals surface area contributed by atoms with Gasteiger partial charge in [0.2, 0.25) is 0 Å². The third-order valence-electron chi connectivity index (χ3n) is 3.85. The molecule has 1 aliphatic rings. The number of aromatic nitrogens is 1. The molecule has 1 heterocycles. The quantitative estimate of drug-likeness (QED) is 0.532. The van der Waals surface area contributed by atoms with Crippen LogP contribution in [0.2, 0.25) is 0 Å². The van der Waals surface area contributed by atoms with E-state index in [0.29, 0.717) is 18.5 Å². The molecule has 3 rings (SSSR count). The second-order valence-corrected chi connectivity index (χ2v) is 5.06. The van der Waals surface area contributed by atoms with Crippen molar-refractivity contribution in [1.82, 2.24) is 4.98 Å². The molecule has 5 heteroatoms. The highest BCUT2D eigenvalue weighted by molar-refractivity contribution is 6.39. The summed E-state index contributed by atoms with van der Waals surface area (Å²) in [4.78, 5) is 39.1. The average molecular weight is 285 g/mol. The predicted molar refractivity (Wildman–Crippen MR) is 76.1 cm³/mol. The van der Waals surface area contributed by atoms with Crippen molar-refractivity contribution in [3.05, 3.63) is 35.5 Å². The summed E-state index contributed by atoms with van der Waals surface area (Å²) in [6.45, 7) is 1.76. The minimum atomic E-state index is -0.926. The molecule has 0 saturated carbocycles. The molecule has 1 aromatic carbocycles. The normalized spacial score (nSPS) is 17.6. The number of ketones is 2. The smallest absolute Gasteiger partial charge is 0.375 e. The van der Waals surface area contributed by atoms with Crippen molar-refractivity contribution >= 4 is 28.4 Å². The number of Topliss-reactive ketones (excluding diaryl/α,β-unsaturated/α-hetero) is 2. The highest BCUT2D eigenvalue weighted by Crippen LogP contribution is 2.32. The molecule has 5 nitrogen and oxygen atoms in total. The molecule has 0 amide bonds. The van der Waals surface area contributed by atoms with Gasteiger partial charge in [0.05, 0.1) is 18.2 Å². The number of nitrogens with one attached hydrogen (secondary N) is 1. The number of carbonyl (C=O) groups excluding carboxylic acids is 3. The average Bonchev–Trinajstić information content (AvgIpc) is 2.87. The Morgan fingerprint density at radius 1 is 1.33 bits per heavy atom. The Kier molecular flexibility index (Phi) is 3.33. The van der Waals surface area contributed by atoms with Crippen LogP contribution in [0.3, 0.4) is 0 Å². The van der Waals surface area contributed by atoms with Gasteiger partial charge in [-0.25, -0.2) is 4.79 Å². The van der Waals surface area contributed by atoms with Crippen LogP contribution in [0.4, 0.5) is 0 Å². The Balaban J connectivity index is 1.96. The number of hydrogen-bond acceptors (Lipinski definition) is 4. The van der Waals surface area contributed by atoms with Gasteiger partial charge in [-0.2, -0.15) is 0 Å². The van der Waals surface area contributed by atoms with Crippen LogP contribution in [0.1, 0.15) is 29.4 Å². The number of ether oxygens (including phenoxy) is 1. The zero-order valence-corrected chi connectivity index (χ0v) is 11.6. The molecule has 0 spiro atoms. The molecule has 1 N–H and O–H groups in total. The van der Waals surface area contributed by atoms with Crippen molar-refractivity contribution in [2.24, 2.45) is 5.92 Å². The summed E-state index contributed by atoms with van der Waals surface area (Å²) in [5.74, 6) is -2.91. The van der Waals surface area contributed by atoms with Crippen LogP contribution >= 0.6 is 0 Å². The van der Waals surface area contributed by atoms with Crippen molar-refractivity contribution in [2.75, 3.05) is 6.61 Å². The number of para-hydroxylation sites is 1. The lowest BCUT2D eigenvalue weighted by Gasteiger charge is -2.19. The predicted octanol–water partition coefficient (Wildman–Crippen LogP) is 2.05. The Labute approximate surface area is 121 Å². The number of aromatic amines is 1. The molecule has 0 saturated heterocycles. The van der Waals surface area contributed by atoms with E-state index in [1.807, 2.05) is 24.3 Å². The Morgan fingerprint density at radius 3 is 2.86 bits per heavy atom. The zero-order chi connectivity index (χ0) is 15.0. The highest BCUT2D eigenvalue weighted by Gasteiger charge is 2.38. The van der Waals surface area contributed by atoms with Gasteiger partial charge in [-0.3, -0.25) is 9.59 Å². The largest absolute Gasteiger partial charge is 0.460 e. The van der Waals surface area contributed by atoms with Gasteiger partial charge in [0, 0.05) is 10.9 Å². The molecule has 1 atom stereocenters. The molecule has 1 aliphatic carbocycles. The summed E-state index contributed by atoms with van der Waals surface area (Å²) >= 11 is 0. The maximum absolute atomic E-state index is 12.5. The molecular weight excluding hydrogens is 270 g/mol. The van der Waals surface area contributed by atoms with Crippen molar-refractivity contribution in [3.8, 4) is 0 Å². The van der Waals surface area contributed by atoms with E-state index in [0.717, 1.165) is 16.5 Å². The van der Waals surface area contributed by atoms with Crippen LogP contribution < -0.4 is 0 Å². The molecule has 21 heavy (non-hydrogen) atoms. The Morgan fingerprint density at radius 2 is 2.10 bits per heavy atom. The lowest BCUT2D eigenvalue weighted by Crippen LogP contribution is -2.35. The molecule has 2 aromatic rings. The summed E-state index contributed by atoms with van der Waals surface area (Å²) in [6, 6.07) is 7.64. The van der Waals surface area contributed by atoms with Crippen molar-refractivity contribution < 1.29 is 19.1 Å². The van der Waals surface area contributed by atoms with Crippen LogP contribution in [-0.4, -0.2) is 29.1 Å². The first kappa shape index (κ1) is 13.5. The number of rotatable bonds is 3. The van der Waals surface area contributed by atoms with Crippen LogP contribution in [-0.2, 0) is 20.7 Å². The molecule has 0 aliphatic heterocycles. The number of fused-ring (bicyclic) bond motifs is 3. The summed E-state index contributed by atoms with van der Waals surface area (Å²) in [5.41, 5.74) is 2.26. The van der Waals surface area contributed by atoms with Gasteiger partial charge >= 0.3 is 5.97 Å². The third-order valence-corrected chi connectivity index (χ3v) is 3.85. The fourth-order valence-corrected chi connectivity index (χ4v) is 2.86. The Hall–Kier alpha value is -2.43. The van der Waals surface area contributed by atoms with E-state index in [1.54, 1.807) is 6.92 Å². The van der Waals surface area contributed by atoms with Gasteiger partial charge in [-0.15, -0.1) is 0 Å². The summed E-state index contributed by atoms with van der Waals surface area (Å²) < 4.78 is 4.70. The molecule has 1 unspecified atom stereocenters. The van der Waals surface area contributed by atoms with E-state index in [1.165, 1.54) is 0 Å². The molecule has 0 bridgehead atoms. The minimum Gasteiger partial charge on any atom is -0.460 e. The number of esters is 1. The van der Waals surface area contributed by atoms with E-state index in [-0.39, 0.29) is 12.4 Å². The maximum atomic E-state index is 12.5. The first-order valence-corrected chi connectivity index (χ1v) is 6.98. The van der Waals surface area contributed by atoms with Crippen LogP contribution in [0.15, 0.2) is 24.3 Å². The van der Waals surface area contributed by atoms with Crippen LogP contribution in [0.5, 0.6) is 0 Å². The summed E-state index contributed by atoms with van der Waals surface area (Å²) in [6.07, 6.45) is 0.951. The van der Waals surface area contributed by atoms with Gasteiger partial charge in [-0.05, 0) is 31.4 Å². The SMILES string of the molecule is CCOC(=O)C(=O)C1CCc2c([nH]c3ccccc23)C1=O. The fraction of sp³-hybridized carbons (Fsp3) is 0.312. The lowest BCUT2D eigenvalue weighted by molar-refractivity contribution is -0.154. The van der Waals surface area contributed by atoms with Crippen LogP contribution in [0.25, 0.3) is 10.9 Å². The van der Waals surface area contributed by atoms with E-state index in [4.69, 9.17) is 4.74 Å². The van der Waals surface area contributed by atoms with E-state index < -0.39 is 17.7 Å². The van der Waals surface area contributed by atoms with Gasteiger partial charge < -0.3 is 9.72 Å². The standard InChI is InChI=1S/C16H15NO4/c1-2-21-16(20)15(19)11-8-7-10-9-5-3-4-6-12(9)17-13(10)14(11)18/h3-6,11,17H,2,7-8H2,1H3. The molecule has 0 fully saturated rings. The minimum absolute atomic E-state index is 0.128. The Bertz CT molecular complexity index is 744. The molecule has 0 radical (unpaired) electrons. The van der Waals surface area contributed by atoms with Crippen LogP contribution in [0, 0.1) is 5.92 Å². The topological polar surface area (TPSA) is 76.2 Å². The summed E-state index contributed by atoms with van der Waals surface area (Å²) in [7, 11) is 0. The van der Waals surface area contributed by atoms with Gasteiger partial charge in [0.15, 0.2) is 5.78 Å². The number of carbonyl (C=O) groups is 3. The molecule has 108 valence electrons. The lowest BCUT2D eigenvalue weighted by atomic mass is 9.83. The second kappa shape index (κ2) is 5.16. The molecule has 1 aromatic heterocycles. The second-order valence-electron chi connectivity index (χ2n) is 5.06. The molecular formula is C16H15NO4. The maximum Gasteiger partial charge on any atom is 0.375 e. The monoisotopic (exact) mass is 285 g/mol. The number of benzene rings is 1. The van der Waals surface area contributed by atoms with Crippen molar-refractivity contribution in [1.29, 1.82) is 0 Å². The van der Waals surface area contributed by atoms with E-state index >= 15 is 0 Å². The third kappa shape index (κ3) is 2.14. The van der Waals surface area contributed by atoms with Gasteiger partial charge in [0.25, 0.3) is 5.78 Å². The zero-order valence-electron chi connectivity index (χ0n) is 11.6. The summed E-state index contributed by atoms with van der Waals surface area (Å²) in [5, 5.41) is 1.00. The first-order chi connectivity index (χ1) is 10.1. The number of H-pyrrole nitrogens is 1. The van der Waals surface area contributed by atoms with E-state index in [9.17, 15) is 14.4 Å². The van der Waals surface area contributed by atoms with Crippen molar-refractivity contribution in [3.63, 3.8) is 0 Å². The number of hydrogen-bond donors (Lipinski definition) is 1.